The molecule has 0 spiro atoms. The van der Waals surface area contributed by atoms with Gasteiger partial charge in [-0.05, 0) is 6.07 Å². The second-order valence-electron chi connectivity index (χ2n) is 8.22. The van der Waals surface area contributed by atoms with E-state index in [1.807, 2.05) is 23.1 Å². The van der Waals surface area contributed by atoms with Gasteiger partial charge in [0, 0.05) is 6.20 Å². The zero-order valence-corrected chi connectivity index (χ0v) is 22.8. The standard InChI is InChI=1S/C24H26F3N6.Pb/c1-17-20(16-28-2)21(14-18-6-4-3-5-7-18)30-31-23(17)33-12-10-32(11-13-33)22-9-8-19(15-29-22)24(25,26)27;/h3-9,15,28H,2,10-14,16H2,1H3;. The van der Waals surface area contributed by atoms with Crippen LogP contribution in [0.1, 0.15) is 27.9 Å². The van der Waals surface area contributed by atoms with E-state index in [4.69, 9.17) is 0 Å². The van der Waals surface area contributed by atoms with Crippen LogP contribution in [0.15, 0.2) is 48.7 Å². The van der Waals surface area contributed by atoms with Gasteiger partial charge in [-0.1, -0.05) is 0 Å². The van der Waals surface area contributed by atoms with Crippen LogP contribution in [0, 0.1) is 6.92 Å². The van der Waals surface area contributed by atoms with Gasteiger partial charge in [0.1, 0.15) is 0 Å². The van der Waals surface area contributed by atoms with E-state index >= 15 is 0 Å². The number of hydrogen-bond donors (Lipinski definition) is 1. The molecule has 0 unspecified atom stereocenters. The molecule has 0 bridgehead atoms. The summed E-state index contributed by atoms with van der Waals surface area (Å²) in [7, 11) is 0. The third-order valence-corrected chi connectivity index (χ3v) is 6.99. The monoisotopic (exact) mass is 663 g/mol. The van der Waals surface area contributed by atoms with Crippen LogP contribution in [0.2, 0.25) is 0 Å². The summed E-state index contributed by atoms with van der Waals surface area (Å²) in [5.41, 5.74) is 3.78. The minimum absolute atomic E-state index is 0.561. The molecule has 2 aromatic heterocycles. The first kappa shape index (κ1) is 24.8. The number of pyridine rings is 1. The topological polar surface area (TPSA) is 57.2 Å². The van der Waals surface area contributed by atoms with Crippen molar-refractivity contribution < 1.29 is 13.2 Å². The zero-order valence-electron chi connectivity index (χ0n) is 18.9. The van der Waals surface area contributed by atoms with Gasteiger partial charge in [-0.2, -0.15) is 13.2 Å². The molecule has 1 fully saturated rings. The van der Waals surface area contributed by atoms with Gasteiger partial charge in [0.2, 0.25) is 0 Å². The fourth-order valence-corrected chi connectivity index (χ4v) is 4.62. The van der Waals surface area contributed by atoms with Crippen LogP contribution in [0.3, 0.4) is 0 Å². The van der Waals surface area contributed by atoms with Crippen molar-refractivity contribution in [2.75, 3.05) is 40.1 Å². The van der Waals surface area contributed by atoms with E-state index in [2.05, 4.69) is 44.5 Å². The van der Waals surface area contributed by atoms with Gasteiger partial charge in [-0.15, -0.1) is 0 Å². The molecule has 4 rings (SSSR count). The number of alkyl halides is 3. The molecule has 1 N–H and O–H groups in total. The molecule has 0 amide bonds. The molecule has 177 valence electrons. The predicted molar refractivity (Wildman–Crippen MR) is 127 cm³/mol. The Morgan fingerprint density at radius 3 is 2.29 bits per heavy atom. The molecule has 1 saturated heterocycles. The molecule has 6 nitrogen and oxygen atoms in total. The maximum atomic E-state index is 12.8. The summed E-state index contributed by atoms with van der Waals surface area (Å²) < 4.78 is 39.5. The van der Waals surface area contributed by atoms with Gasteiger partial charge in [-0.3, -0.25) is 0 Å². The second-order valence-corrected chi connectivity index (χ2v) is 9.59. The van der Waals surface area contributed by atoms with Gasteiger partial charge in [-0.25, -0.2) is 0 Å². The summed E-state index contributed by atoms with van der Waals surface area (Å²) in [6.07, 6.45) is -2.74. The van der Waals surface area contributed by atoms with Crippen LogP contribution in [0.4, 0.5) is 24.8 Å². The molecule has 0 aliphatic carbocycles. The molecule has 3 aromatic rings. The van der Waals surface area contributed by atoms with E-state index in [0.717, 1.165) is 72.2 Å². The predicted octanol–water partition coefficient (Wildman–Crippen LogP) is 3.33. The van der Waals surface area contributed by atoms with Crippen LogP contribution in [-0.4, -0.2) is 71.2 Å². The van der Waals surface area contributed by atoms with Crippen molar-refractivity contribution in [1.29, 1.82) is 0 Å². The minimum atomic E-state index is -4.38. The quantitative estimate of drug-likeness (QED) is 0.392. The Balaban J connectivity index is 1.49. The SMILES string of the molecule is Cc1c(N2CCN(c3ccc(C(F)(F)F)cn3)CC2)nnc(Cc2ccccc2)c1CN[CH2][Pb]. The van der Waals surface area contributed by atoms with E-state index in [9.17, 15) is 13.2 Å². The van der Waals surface area contributed by atoms with E-state index in [-0.39, 0.29) is 0 Å². The number of hydrogen-bond acceptors (Lipinski definition) is 6. The Hall–Kier alpha value is -2.28. The third-order valence-electron chi connectivity index (χ3n) is 6.02. The first-order chi connectivity index (χ1) is 16.4. The number of halogens is 3. The Kier molecular flexibility index (Phi) is 8.02. The molecular weight excluding hydrogens is 637 g/mol. The van der Waals surface area contributed by atoms with Crippen molar-refractivity contribution >= 4 is 37.4 Å². The number of benzene rings is 1. The average molecular weight is 663 g/mol. The van der Waals surface area contributed by atoms with Crippen LogP contribution in [0.5, 0.6) is 0 Å². The van der Waals surface area contributed by atoms with Gasteiger partial charge >= 0.3 is 183 Å². The average Bonchev–Trinajstić information content (AvgIpc) is 2.84. The molecule has 3 radical (unpaired) electrons. The Labute approximate surface area is 213 Å². The van der Waals surface area contributed by atoms with E-state index in [1.165, 1.54) is 17.2 Å². The van der Waals surface area contributed by atoms with Gasteiger partial charge in [0.05, 0.1) is 5.56 Å². The molecule has 10 heteroatoms. The second kappa shape index (κ2) is 11.0. The summed E-state index contributed by atoms with van der Waals surface area (Å²) in [4.78, 5) is 8.25. The molecule has 1 aliphatic rings. The van der Waals surface area contributed by atoms with Gasteiger partial charge in [0.15, 0.2) is 0 Å². The van der Waals surface area contributed by atoms with Crippen LogP contribution in [-0.2, 0) is 19.1 Å². The summed E-state index contributed by atoms with van der Waals surface area (Å²) in [5.74, 6) is 1.44. The summed E-state index contributed by atoms with van der Waals surface area (Å²) in [6, 6.07) is 12.8. The number of rotatable bonds is 7. The number of nitrogens with zero attached hydrogens (tertiary/aromatic N) is 5. The fraction of sp³-hybridized carbons (Fsp3) is 0.375. The number of nitrogens with one attached hydrogen (secondary N) is 1. The van der Waals surface area contributed by atoms with E-state index < -0.39 is 11.7 Å². The molecule has 0 saturated carbocycles. The molecule has 34 heavy (non-hydrogen) atoms. The Morgan fingerprint density at radius 1 is 0.971 bits per heavy atom. The Morgan fingerprint density at radius 2 is 1.68 bits per heavy atom. The number of anilines is 2. The van der Waals surface area contributed by atoms with Crippen LogP contribution in [0.25, 0.3) is 0 Å². The maximum absolute atomic E-state index is 12.8. The van der Waals surface area contributed by atoms with Gasteiger partial charge in [0.25, 0.3) is 0 Å². The van der Waals surface area contributed by atoms with Crippen LogP contribution >= 0.6 is 0 Å². The zero-order chi connectivity index (χ0) is 24.1. The van der Waals surface area contributed by atoms with Gasteiger partial charge < -0.3 is 0 Å². The number of aromatic nitrogens is 3. The van der Waals surface area contributed by atoms with E-state index in [1.54, 1.807) is 0 Å². The van der Waals surface area contributed by atoms with Crippen molar-refractivity contribution in [3.63, 3.8) is 0 Å². The molecule has 1 aliphatic heterocycles. The summed E-state index contributed by atoms with van der Waals surface area (Å²) in [5, 5.41) is 12.7. The van der Waals surface area contributed by atoms with Crippen molar-refractivity contribution in [3.8, 4) is 0 Å². The first-order valence-electron chi connectivity index (χ1n) is 11.1. The van der Waals surface area contributed by atoms with Crippen molar-refractivity contribution in [3.05, 3.63) is 76.6 Å². The molecule has 1 aromatic carbocycles. The van der Waals surface area contributed by atoms with E-state index in [0.29, 0.717) is 32.0 Å². The van der Waals surface area contributed by atoms with Crippen molar-refractivity contribution in [2.45, 2.75) is 26.1 Å². The third kappa shape index (κ3) is 5.85. The number of piperazine rings is 1. The molecule has 3 heterocycles. The Bertz CT molecular complexity index is 1080. The fourth-order valence-electron chi connectivity index (χ4n) is 4.14. The molecule has 0 atom stereocenters. The van der Waals surface area contributed by atoms with Crippen molar-refractivity contribution in [2.24, 2.45) is 0 Å². The summed E-state index contributed by atoms with van der Waals surface area (Å²) in [6.45, 7) is 5.56. The molecular formula is C24H26F3N6Pb. The van der Waals surface area contributed by atoms with Crippen LogP contribution < -0.4 is 15.1 Å². The first-order valence-corrected chi connectivity index (χ1v) is 13.9. The summed E-state index contributed by atoms with van der Waals surface area (Å²) >= 11 is 1.08. The van der Waals surface area contributed by atoms with Crippen molar-refractivity contribution in [1.82, 2.24) is 20.5 Å². The normalized spacial score (nSPS) is 14.5.